The van der Waals surface area contributed by atoms with Crippen molar-refractivity contribution in [3.63, 3.8) is 0 Å². The minimum Gasteiger partial charge on any atom is -0.392 e. The van der Waals surface area contributed by atoms with Crippen LogP contribution in [0.1, 0.15) is 24.8 Å². The second kappa shape index (κ2) is 7.07. The monoisotopic (exact) mass is 333 g/mol. The Hall–Kier alpha value is -0.660. The van der Waals surface area contributed by atoms with E-state index in [4.69, 9.17) is 16.3 Å². The SMILES string of the molecule is CN(CC1CCCCO1)S(=O)(=O)c1ccc(Cl)c(CO)c1. The summed E-state index contributed by atoms with van der Waals surface area (Å²) >= 11 is 5.89. The number of likely N-dealkylation sites (N-methyl/N-ethyl adjacent to an activating group) is 1. The van der Waals surface area contributed by atoms with Crippen molar-refractivity contribution in [1.29, 1.82) is 0 Å². The number of nitrogens with zero attached hydrogens (tertiary/aromatic N) is 1. The zero-order valence-electron chi connectivity index (χ0n) is 12.0. The lowest BCUT2D eigenvalue weighted by Crippen LogP contribution is -2.37. The topological polar surface area (TPSA) is 66.8 Å². The fourth-order valence-corrected chi connectivity index (χ4v) is 3.78. The van der Waals surface area contributed by atoms with Gasteiger partial charge in [0, 0.05) is 25.2 Å². The zero-order chi connectivity index (χ0) is 15.5. The van der Waals surface area contributed by atoms with Gasteiger partial charge in [-0.1, -0.05) is 11.6 Å². The van der Waals surface area contributed by atoms with Crippen molar-refractivity contribution in [3.8, 4) is 0 Å². The van der Waals surface area contributed by atoms with Crippen molar-refractivity contribution in [1.82, 2.24) is 4.31 Å². The molecule has 1 atom stereocenters. The first kappa shape index (κ1) is 16.7. The van der Waals surface area contributed by atoms with E-state index in [9.17, 15) is 13.5 Å². The maximum Gasteiger partial charge on any atom is 0.242 e. The van der Waals surface area contributed by atoms with Gasteiger partial charge in [0.1, 0.15) is 0 Å². The minimum absolute atomic E-state index is 0.0527. The maximum atomic E-state index is 12.5. The van der Waals surface area contributed by atoms with E-state index in [-0.39, 0.29) is 17.6 Å². The first-order valence-electron chi connectivity index (χ1n) is 6.92. The predicted molar refractivity (Wildman–Crippen MR) is 80.8 cm³/mol. The van der Waals surface area contributed by atoms with Crippen LogP contribution in [0.3, 0.4) is 0 Å². The van der Waals surface area contributed by atoms with Crippen LogP contribution in [-0.4, -0.2) is 44.1 Å². The van der Waals surface area contributed by atoms with Crippen molar-refractivity contribution >= 4 is 21.6 Å². The van der Waals surface area contributed by atoms with Crippen molar-refractivity contribution in [3.05, 3.63) is 28.8 Å². The van der Waals surface area contributed by atoms with E-state index in [1.807, 2.05) is 0 Å². The molecule has 0 bridgehead atoms. The molecule has 0 aliphatic carbocycles. The zero-order valence-corrected chi connectivity index (χ0v) is 13.5. The molecule has 2 rings (SSSR count). The molecule has 0 aromatic heterocycles. The molecule has 1 aliphatic heterocycles. The molecule has 1 heterocycles. The summed E-state index contributed by atoms with van der Waals surface area (Å²) < 4.78 is 31.9. The third kappa shape index (κ3) is 3.96. The molecular weight excluding hydrogens is 314 g/mol. The molecule has 0 saturated carbocycles. The average Bonchev–Trinajstić information content (AvgIpc) is 2.48. The Morgan fingerprint density at radius 3 is 2.81 bits per heavy atom. The van der Waals surface area contributed by atoms with Crippen LogP contribution in [0.2, 0.25) is 5.02 Å². The molecular formula is C14H20ClNO4S. The van der Waals surface area contributed by atoms with Gasteiger partial charge in [-0.2, -0.15) is 4.31 Å². The lowest BCUT2D eigenvalue weighted by Gasteiger charge is -2.27. The average molecular weight is 334 g/mol. The quantitative estimate of drug-likeness (QED) is 0.895. The van der Waals surface area contributed by atoms with Crippen LogP contribution in [0.4, 0.5) is 0 Å². The van der Waals surface area contributed by atoms with Crippen LogP contribution in [0, 0.1) is 0 Å². The van der Waals surface area contributed by atoms with Gasteiger partial charge in [0.05, 0.1) is 17.6 Å². The van der Waals surface area contributed by atoms with Crippen molar-refractivity contribution < 1.29 is 18.3 Å². The largest absolute Gasteiger partial charge is 0.392 e. The van der Waals surface area contributed by atoms with E-state index >= 15 is 0 Å². The van der Waals surface area contributed by atoms with Crippen LogP contribution in [0.15, 0.2) is 23.1 Å². The first-order chi connectivity index (χ1) is 9.95. The van der Waals surface area contributed by atoms with Gasteiger partial charge in [-0.15, -0.1) is 0 Å². The summed E-state index contributed by atoms with van der Waals surface area (Å²) in [7, 11) is -2.06. The molecule has 1 aromatic rings. The van der Waals surface area contributed by atoms with E-state index in [1.54, 1.807) is 7.05 Å². The summed E-state index contributed by atoms with van der Waals surface area (Å²) in [4.78, 5) is 0.134. The molecule has 1 unspecified atom stereocenters. The number of sulfonamides is 1. The van der Waals surface area contributed by atoms with Gasteiger partial charge < -0.3 is 9.84 Å². The smallest absolute Gasteiger partial charge is 0.242 e. The van der Waals surface area contributed by atoms with Gasteiger partial charge in [-0.05, 0) is 43.0 Å². The number of ether oxygens (including phenoxy) is 1. The van der Waals surface area contributed by atoms with Gasteiger partial charge in [0.25, 0.3) is 0 Å². The summed E-state index contributed by atoms with van der Waals surface area (Å²) in [5.74, 6) is 0. The van der Waals surface area contributed by atoms with Crippen LogP contribution in [0.25, 0.3) is 0 Å². The first-order valence-corrected chi connectivity index (χ1v) is 8.74. The van der Waals surface area contributed by atoms with Crippen LogP contribution >= 0.6 is 11.6 Å². The van der Waals surface area contributed by atoms with Crippen LogP contribution in [-0.2, 0) is 21.4 Å². The highest BCUT2D eigenvalue weighted by atomic mass is 35.5. The van der Waals surface area contributed by atoms with Crippen LogP contribution < -0.4 is 0 Å². The normalized spacial score (nSPS) is 19.9. The Bertz CT molecular complexity index is 585. The summed E-state index contributed by atoms with van der Waals surface area (Å²) in [5, 5.41) is 9.55. The number of rotatable bonds is 5. The summed E-state index contributed by atoms with van der Waals surface area (Å²) in [6, 6.07) is 4.36. The fourth-order valence-electron chi connectivity index (χ4n) is 2.35. The Labute approximate surface area is 130 Å². The molecule has 7 heteroatoms. The summed E-state index contributed by atoms with van der Waals surface area (Å²) in [5.41, 5.74) is 0.403. The molecule has 0 amide bonds. The lowest BCUT2D eigenvalue weighted by molar-refractivity contribution is 0.00858. The second-order valence-electron chi connectivity index (χ2n) is 5.19. The highest BCUT2D eigenvalue weighted by molar-refractivity contribution is 7.89. The summed E-state index contributed by atoms with van der Waals surface area (Å²) in [6.45, 7) is 0.727. The van der Waals surface area contributed by atoms with E-state index in [2.05, 4.69) is 0 Å². The van der Waals surface area contributed by atoms with Gasteiger partial charge >= 0.3 is 0 Å². The van der Waals surface area contributed by atoms with Crippen LogP contribution in [0.5, 0.6) is 0 Å². The summed E-state index contributed by atoms with van der Waals surface area (Å²) in [6.07, 6.45) is 2.92. The molecule has 21 heavy (non-hydrogen) atoms. The third-order valence-corrected chi connectivity index (χ3v) is 5.82. The number of aliphatic hydroxyl groups excluding tert-OH is 1. The molecule has 118 valence electrons. The molecule has 1 fully saturated rings. The Balaban J connectivity index is 2.16. The van der Waals surface area contributed by atoms with Gasteiger partial charge in [0.2, 0.25) is 10.0 Å². The highest BCUT2D eigenvalue weighted by Crippen LogP contribution is 2.23. The van der Waals surface area contributed by atoms with Gasteiger partial charge in [-0.3, -0.25) is 0 Å². The molecule has 1 saturated heterocycles. The van der Waals surface area contributed by atoms with E-state index in [0.717, 1.165) is 19.3 Å². The van der Waals surface area contributed by atoms with Crippen molar-refractivity contribution in [2.24, 2.45) is 0 Å². The number of aliphatic hydroxyl groups is 1. The maximum absolute atomic E-state index is 12.5. The molecule has 5 nitrogen and oxygen atoms in total. The minimum atomic E-state index is -3.60. The van der Waals surface area contributed by atoms with E-state index in [0.29, 0.717) is 23.7 Å². The Morgan fingerprint density at radius 1 is 1.43 bits per heavy atom. The molecule has 1 N–H and O–H groups in total. The second-order valence-corrected chi connectivity index (χ2v) is 7.64. The number of hydrogen-bond acceptors (Lipinski definition) is 4. The van der Waals surface area contributed by atoms with Crippen molar-refractivity contribution in [2.45, 2.75) is 36.9 Å². The predicted octanol–water partition coefficient (Wildman–Crippen LogP) is 2.02. The number of benzene rings is 1. The van der Waals surface area contributed by atoms with Crippen molar-refractivity contribution in [2.75, 3.05) is 20.2 Å². The molecule has 0 spiro atoms. The van der Waals surface area contributed by atoms with Gasteiger partial charge in [-0.25, -0.2) is 8.42 Å². The number of halogens is 1. The lowest BCUT2D eigenvalue weighted by atomic mass is 10.1. The Kier molecular flexibility index (Phi) is 5.62. The highest BCUT2D eigenvalue weighted by Gasteiger charge is 2.25. The molecule has 0 radical (unpaired) electrons. The fraction of sp³-hybridized carbons (Fsp3) is 0.571. The molecule has 1 aliphatic rings. The third-order valence-electron chi connectivity index (χ3n) is 3.63. The Morgan fingerprint density at radius 2 is 2.19 bits per heavy atom. The van der Waals surface area contributed by atoms with Gasteiger partial charge in [0.15, 0.2) is 0 Å². The number of hydrogen-bond donors (Lipinski definition) is 1. The standard InChI is InChI=1S/C14H20ClNO4S/c1-16(9-12-4-2-3-7-20-12)21(18,19)13-5-6-14(15)11(8-13)10-17/h5-6,8,12,17H,2-4,7,9-10H2,1H3. The van der Waals surface area contributed by atoms with E-state index < -0.39 is 10.0 Å². The molecule has 1 aromatic carbocycles. The van der Waals surface area contributed by atoms with E-state index in [1.165, 1.54) is 22.5 Å².